The van der Waals surface area contributed by atoms with E-state index in [-0.39, 0.29) is 5.82 Å². The molecule has 0 saturated heterocycles. The van der Waals surface area contributed by atoms with Gasteiger partial charge in [-0.1, -0.05) is 64.1 Å². The maximum atomic E-state index is 14.2. The van der Waals surface area contributed by atoms with E-state index in [1.807, 2.05) is 24.3 Å². The van der Waals surface area contributed by atoms with Crippen molar-refractivity contribution in [1.82, 2.24) is 0 Å². The number of hydrogen-bond donors (Lipinski definition) is 0. The lowest BCUT2D eigenvalue weighted by molar-refractivity contribution is 0.627. The van der Waals surface area contributed by atoms with Crippen molar-refractivity contribution in [3.63, 3.8) is 0 Å². The fraction of sp³-hybridized carbons (Fsp3) is 0.333. The predicted octanol–water partition coefficient (Wildman–Crippen LogP) is 5.74. The quantitative estimate of drug-likeness (QED) is 0.657. The van der Waals surface area contributed by atoms with Gasteiger partial charge in [-0.05, 0) is 34.6 Å². The molecule has 0 unspecified atom stereocenters. The first-order chi connectivity index (χ1) is 8.99. The molecule has 0 atom stereocenters. The van der Waals surface area contributed by atoms with Crippen LogP contribution in [0.5, 0.6) is 0 Å². The highest BCUT2D eigenvalue weighted by atomic mass is 19.1. The molecule has 1 heteroatoms. The van der Waals surface area contributed by atoms with E-state index in [4.69, 9.17) is 0 Å². The molecule has 0 amide bonds. The van der Waals surface area contributed by atoms with Crippen molar-refractivity contribution in [2.75, 3.05) is 0 Å². The SMILES string of the molecule is CC(C)c1ccc(-c2ccc(C(C)C)cc2F)cc1. The van der Waals surface area contributed by atoms with Crippen molar-refractivity contribution in [3.8, 4) is 11.1 Å². The molecule has 0 N–H and O–H groups in total. The highest BCUT2D eigenvalue weighted by Crippen LogP contribution is 2.27. The van der Waals surface area contributed by atoms with Gasteiger partial charge in [0, 0.05) is 5.56 Å². The van der Waals surface area contributed by atoms with Gasteiger partial charge >= 0.3 is 0 Å². The second-order valence-corrected chi connectivity index (χ2v) is 5.67. The predicted molar refractivity (Wildman–Crippen MR) is 80.0 cm³/mol. The molecule has 0 bridgehead atoms. The maximum absolute atomic E-state index is 14.2. The molecule has 0 aliphatic rings. The number of halogens is 1. The van der Waals surface area contributed by atoms with Crippen LogP contribution in [0.3, 0.4) is 0 Å². The van der Waals surface area contributed by atoms with E-state index < -0.39 is 0 Å². The van der Waals surface area contributed by atoms with E-state index >= 15 is 0 Å². The fourth-order valence-electron chi connectivity index (χ4n) is 2.17. The average Bonchev–Trinajstić information content (AvgIpc) is 2.38. The minimum Gasteiger partial charge on any atom is -0.206 e. The minimum absolute atomic E-state index is 0.136. The van der Waals surface area contributed by atoms with Crippen molar-refractivity contribution < 1.29 is 4.39 Å². The van der Waals surface area contributed by atoms with Crippen molar-refractivity contribution in [3.05, 3.63) is 59.4 Å². The van der Waals surface area contributed by atoms with E-state index in [9.17, 15) is 4.39 Å². The lowest BCUT2D eigenvalue weighted by atomic mass is 9.96. The Kier molecular flexibility index (Phi) is 4.04. The highest BCUT2D eigenvalue weighted by Gasteiger charge is 2.08. The van der Waals surface area contributed by atoms with Crippen LogP contribution in [0.1, 0.15) is 50.7 Å². The molecule has 0 heterocycles. The highest BCUT2D eigenvalue weighted by molar-refractivity contribution is 5.65. The summed E-state index contributed by atoms with van der Waals surface area (Å²) in [6, 6.07) is 13.7. The lowest BCUT2D eigenvalue weighted by Gasteiger charge is -2.10. The Bertz CT molecular complexity index is 550. The third-order valence-corrected chi connectivity index (χ3v) is 3.55. The smallest absolute Gasteiger partial charge is 0.131 e. The summed E-state index contributed by atoms with van der Waals surface area (Å²) in [5.74, 6) is 0.720. The van der Waals surface area contributed by atoms with Gasteiger partial charge in [-0.2, -0.15) is 0 Å². The molecule has 2 aromatic carbocycles. The van der Waals surface area contributed by atoms with Crippen molar-refractivity contribution >= 4 is 0 Å². The average molecular weight is 256 g/mol. The van der Waals surface area contributed by atoms with Crippen LogP contribution in [0.15, 0.2) is 42.5 Å². The third kappa shape index (κ3) is 3.04. The molecule has 0 saturated carbocycles. The second-order valence-electron chi connectivity index (χ2n) is 5.67. The molecule has 2 rings (SSSR count). The van der Waals surface area contributed by atoms with Crippen LogP contribution < -0.4 is 0 Å². The number of hydrogen-bond acceptors (Lipinski definition) is 0. The molecular weight excluding hydrogens is 235 g/mol. The Morgan fingerprint density at radius 2 is 1.26 bits per heavy atom. The maximum Gasteiger partial charge on any atom is 0.131 e. The monoisotopic (exact) mass is 256 g/mol. The third-order valence-electron chi connectivity index (χ3n) is 3.55. The summed E-state index contributed by atoms with van der Waals surface area (Å²) in [5.41, 5.74) is 3.94. The summed E-state index contributed by atoms with van der Waals surface area (Å²) in [6.45, 7) is 8.47. The van der Waals surface area contributed by atoms with Crippen LogP contribution in [0.25, 0.3) is 11.1 Å². The summed E-state index contributed by atoms with van der Waals surface area (Å²) >= 11 is 0. The van der Waals surface area contributed by atoms with Gasteiger partial charge in [0.05, 0.1) is 0 Å². The molecule has 100 valence electrons. The van der Waals surface area contributed by atoms with Gasteiger partial charge < -0.3 is 0 Å². The van der Waals surface area contributed by atoms with Gasteiger partial charge in [-0.15, -0.1) is 0 Å². The van der Waals surface area contributed by atoms with Gasteiger partial charge in [0.15, 0.2) is 0 Å². The Morgan fingerprint density at radius 3 is 1.74 bits per heavy atom. The summed E-state index contributed by atoms with van der Waals surface area (Å²) < 4.78 is 14.2. The molecule has 0 aliphatic heterocycles. The van der Waals surface area contributed by atoms with Crippen LogP contribution in [-0.4, -0.2) is 0 Å². The first-order valence-electron chi connectivity index (χ1n) is 6.89. The van der Waals surface area contributed by atoms with Crippen LogP contribution >= 0.6 is 0 Å². The van der Waals surface area contributed by atoms with E-state index in [0.29, 0.717) is 17.4 Å². The molecule has 0 fully saturated rings. The zero-order chi connectivity index (χ0) is 14.0. The Balaban J connectivity index is 2.36. The summed E-state index contributed by atoms with van der Waals surface area (Å²) in [6.07, 6.45) is 0. The second kappa shape index (κ2) is 5.56. The van der Waals surface area contributed by atoms with Crippen molar-refractivity contribution in [2.24, 2.45) is 0 Å². The summed E-state index contributed by atoms with van der Waals surface area (Å²) in [4.78, 5) is 0. The molecule has 0 aliphatic carbocycles. The molecule has 2 aromatic rings. The molecule has 0 nitrogen and oxygen atoms in total. The van der Waals surface area contributed by atoms with E-state index in [0.717, 1.165) is 11.1 Å². The largest absolute Gasteiger partial charge is 0.206 e. The van der Waals surface area contributed by atoms with Crippen LogP contribution in [-0.2, 0) is 0 Å². The number of rotatable bonds is 3. The molecular formula is C18H21F. The Morgan fingerprint density at radius 1 is 0.737 bits per heavy atom. The van der Waals surface area contributed by atoms with Crippen molar-refractivity contribution in [2.45, 2.75) is 39.5 Å². The fourth-order valence-corrected chi connectivity index (χ4v) is 2.17. The molecule has 0 radical (unpaired) electrons. The standard InChI is InChI=1S/C18H21F/c1-12(2)14-5-7-15(8-6-14)17-10-9-16(13(3)4)11-18(17)19/h5-13H,1-4H3. The summed E-state index contributed by atoms with van der Waals surface area (Å²) in [7, 11) is 0. The Labute approximate surface area is 115 Å². The van der Waals surface area contributed by atoms with Crippen LogP contribution in [0, 0.1) is 5.82 Å². The first kappa shape index (κ1) is 13.8. The zero-order valence-electron chi connectivity index (χ0n) is 12.1. The van der Waals surface area contributed by atoms with Crippen molar-refractivity contribution in [1.29, 1.82) is 0 Å². The van der Waals surface area contributed by atoms with E-state index in [2.05, 4.69) is 39.8 Å². The van der Waals surface area contributed by atoms with Gasteiger partial charge in [0.25, 0.3) is 0 Å². The lowest BCUT2D eigenvalue weighted by Crippen LogP contribution is -1.92. The molecule has 0 spiro atoms. The molecule has 19 heavy (non-hydrogen) atoms. The topological polar surface area (TPSA) is 0 Å². The minimum atomic E-state index is -0.136. The molecule has 0 aromatic heterocycles. The van der Waals surface area contributed by atoms with E-state index in [1.54, 1.807) is 6.07 Å². The van der Waals surface area contributed by atoms with Crippen LogP contribution in [0.4, 0.5) is 4.39 Å². The van der Waals surface area contributed by atoms with Gasteiger partial charge in [0.1, 0.15) is 5.82 Å². The van der Waals surface area contributed by atoms with Crippen LogP contribution in [0.2, 0.25) is 0 Å². The van der Waals surface area contributed by atoms with E-state index in [1.165, 1.54) is 5.56 Å². The van der Waals surface area contributed by atoms with Gasteiger partial charge in [-0.3, -0.25) is 0 Å². The Hall–Kier alpha value is -1.63. The first-order valence-corrected chi connectivity index (χ1v) is 6.89. The zero-order valence-corrected chi connectivity index (χ0v) is 12.1. The van der Waals surface area contributed by atoms with Gasteiger partial charge in [0.2, 0.25) is 0 Å². The summed E-state index contributed by atoms with van der Waals surface area (Å²) in [5, 5.41) is 0. The number of benzene rings is 2. The normalized spacial score (nSPS) is 11.3. The van der Waals surface area contributed by atoms with Gasteiger partial charge in [-0.25, -0.2) is 4.39 Å².